The summed E-state index contributed by atoms with van der Waals surface area (Å²) in [5.41, 5.74) is 4.54. The third-order valence-corrected chi connectivity index (χ3v) is 8.62. The Morgan fingerprint density at radius 2 is 1.52 bits per heavy atom. The lowest BCUT2D eigenvalue weighted by Crippen LogP contribution is -2.55. The van der Waals surface area contributed by atoms with Crippen LogP contribution in [0.25, 0.3) is 11.1 Å². The van der Waals surface area contributed by atoms with E-state index >= 15 is 0 Å². The van der Waals surface area contributed by atoms with Gasteiger partial charge in [-0.1, -0.05) is 55.5 Å². The highest BCUT2D eigenvalue weighted by Crippen LogP contribution is 2.44. The monoisotopic (exact) mass is 672 g/mol. The van der Waals surface area contributed by atoms with E-state index in [1.165, 1.54) is 7.11 Å². The van der Waals surface area contributed by atoms with E-state index in [-0.39, 0.29) is 57.0 Å². The largest absolute Gasteiger partial charge is 0.449 e. The van der Waals surface area contributed by atoms with Gasteiger partial charge in [0.15, 0.2) is 12.1 Å². The topological polar surface area (TPSA) is 171 Å². The molecule has 264 valence electrons. The molecule has 0 radical (unpaired) electrons. The molecule has 3 unspecified atom stereocenters. The molecule has 13 nitrogen and oxygen atoms in total. The second-order valence-corrected chi connectivity index (χ2v) is 12.0. The minimum Gasteiger partial charge on any atom is -0.449 e. The van der Waals surface area contributed by atoms with Crippen LogP contribution in [0.4, 0.5) is 4.79 Å². The fraction of sp³-hybridized carbons (Fsp3) is 0.571. The standard InChI is InChI=1S/C35H48N2O11/c1-22-30(48-34(43-3)33(41)32(22)40)20-46-21-31(39)36-14-16-45-18-17-44-15-8-13-29(38)23(2)37-35(42)47-19-28-26-11-6-4-9-24(26)25-10-5-7-12-27(25)28/h4-7,9-12,22-23,28,30,32-34,40-41H,8,13-21H2,1-3H3,(H,36,39)(H,37,42)/t22-,23?,30?,32+,33?,34-/m1/s1. The van der Waals surface area contributed by atoms with E-state index in [4.69, 9.17) is 28.4 Å². The Labute approximate surface area is 281 Å². The van der Waals surface area contributed by atoms with Crippen LogP contribution in [-0.2, 0) is 38.0 Å². The molecule has 1 heterocycles. The first kappa shape index (κ1) is 37.4. The van der Waals surface area contributed by atoms with Crippen molar-refractivity contribution in [2.45, 2.75) is 63.3 Å². The van der Waals surface area contributed by atoms with Crippen molar-refractivity contribution < 1.29 is 53.0 Å². The summed E-state index contributed by atoms with van der Waals surface area (Å²) in [6, 6.07) is 15.5. The minimum absolute atomic E-state index is 0.0510. The van der Waals surface area contributed by atoms with Gasteiger partial charge in [-0.05, 0) is 35.6 Å². The van der Waals surface area contributed by atoms with Gasteiger partial charge in [-0.25, -0.2) is 4.79 Å². The van der Waals surface area contributed by atoms with Crippen molar-refractivity contribution in [3.05, 3.63) is 59.7 Å². The molecule has 0 spiro atoms. The van der Waals surface area contributed by atoms with Gasteiger partial charge in [0.1, 0.15) is 19.3 Å². The van der Waals surface area contributed by atoms with E-state index in [2.05, 4.69) is 34.9 Å². The summed E-state index contributed by atoms with van der Waals surface area (Å²) in [5, 5.41) is 25.4. The Balaban J connectivity index is 0.979. The maximum atomic E-state index is 12.5. The van der Waals surface area contributed by atoms with Gasteiger partial charge in [-0.2, -0.15) is 0 Å². The number of carbonyl (C=O) groups excluding carboxylic acids is 3. The SMILES string of the molecule is CO[C@@H]1OC(COCC(=O)NCCOCCOCCCC(=O)C(C)NC(=O)OCC2c3ccccc3-c3ccccc32)[C@@H](C)[C@H](O)C1O. The van der Waals surface area contributed by atoms with Crippen molar-refractivity contribution in [3.8, 4) is 11.1 Å². The van der Waals surface area contributed by atoms with Gasteiger partial charge in [0, 0.05) is 38.5 Å². The number of hydrogen-bond acceptors (Lipinski definition) is 11. The molecule has 2 amide bonds. The predicted octanol–water partition coefficient (Wildman–Crippen LogP) is 2.16. The van der Waals surface area contributed by atoms with E-state index in [0.717, 1.165) is 22.3 Å². The van der Waals surface area contributed by atoms with E-state index in [0.29, 0.717) is 26.2 Å². The second-order valence-electron chi connectivity index (χ2n) is 12.0. The molecule has 1 aliphatic heterocycles. The third kappa shape index (κ3) is 10.3. The predicted molar refractivity (Wildman–Crippen MR) is 174 cm³/mol. The molecule has 2 aromatic rings. The molecule has 0 saturated carbocycles. The number of carbonyl (C=O) groups is 3. The summed E-state index contributed by atoms with van der Waals surface area (Å²) < 4.78 is 32.6. The van der Waals surface area contributed by atoms with Crippen LogP contribution in [-0.4, -0.2) is 119 Å². The fourth-order valence-electron chi connectivity index (χ4n) is 5.82. The summed E-state index contributed by atoms with van der Waals surface area (Å²) in [7, 11) is 1.37. The number of fused-ring (bicyclic) bond motifs is 3. The van der Waals surface area contributed by atoms with Gasteiger partial charge in [-0.15, -0.1) is 0 Å². The Bertz CT molecular complexity index is 1290. The highest BCUT2D eigenvalue weighted by molar-refractivity contribution is 5.87. The number of hydrogen-bond donors (Lipinski definition) is 4. The van der Waals surface area contributed by atoms with E-state index in [1.54, 1.807) is 13.8 Å². The van der Waals surface area contributed by atoms with Crippen LogP contribution in [0.3, 0.4) is 0 Å². The van der Waals surface area contributed by atoms with Crippen LogP contribution in [0.2, 0.25) is 0 Å². The molecule has 6 atom stereocenters. The Hall–Kier alpha value is -3.43. The molecule has 0 bridgehead atoms. The zero-order valence-electron chi connectivity index (χ0n) is 27.8. The number of benzene rings is 2. The first-order chi connectivity index (χ1) is 23.2. The van der Waals surface area contributed by atoms with Gasteiger partial charge in [0.25, 0.3) is 0 Å². The highest BCUT2D eigenvalue weighted by atomic mass is 16.7. The van der Waals surface area contributed by atoms with Crippen LogP contribution >= 0.6 is 0 Å². The van der Waals surface area contributed by atoms with Crippen LogP contribution < -0.4 is 10.6 Å². The third-order valence-electron chi connectivity index (χ3n) is 8.62. The number of ketones is 1. The molecule has 1 saturated heterocycles. The average Bonchev–Trinajstić information content (AvgIpc) is 3.41. The van der Waals surface area contributed by atoms with Crippen LogP contribution in [0, 0.1) is 5.92 Å². The van der Waals surface area contributed by atoms with E-state index in [1.807, 2.05) is 24.3 Å². The quantitative estimate of drug-likeness (QED) is 0.161. The number of rotatable bonds is 19. The number of Topliss-reactive ketones (excluding diaryl/α,β-unsaturated/α-hetero) is 1. The fourth-order valence-corrected chi connectivity index (χ4v) is 5.82. The number of nitrogens with one attached hydrogen (secondary N) is 2. The highest BCUT2D eigenvalue weighted by Gasteiger charge is 2.42. The van der Waals surface area contributed by atoms with Crippen LogP contribution in [0.15, 0.2) is 48.5 Å². The molecule has 13 heteroatoms. The van der Waals surface area contributed by atoms with Crippen LogP contribution in [0.5, 0.6) is 0 Å². The Morgan fingerprint density at radius 1 is 0.875 bits per heavy atom. The van der Waals surface area contributed by atoms with E-state index in [9.17, 15) is 24.6 Å². The van der Waals surface area contributed by atoms with Crippen LogP contribution in [0.1, 0.15) is 43.7 Å². The zero-order chi connectivity index (χ0) is 34.5. The number of aliphatic hydroxyl groups is 2. The summed E-state index contributed by atoms with van der Waals surface area (Å²) in [6.07, 6.45) is -3.54. The summed E-state index contributed by atoms with van der Waals surface area (Å²) in [5.74, 6) is -0.883. The molecule has 0 aromatic heterocycles. The number of amides is 2. The first-order valence-electron chi connectivity index (χ1n) is 16.4. The number of ether oxygens (including phenoxy) is 6. The smallest absolute Gasteiger partial charge is 0.407 e. The molecule has 4 N–H and O–H groups in total. The molecule has 1 fully saturated rings. The number of alkyl carbamates (subject to hydrolysis) is 1. The molecule has 2 aromatic carbocycles. The Kier molecular flexibility index (Phi) is 14.8. The van der Waals surface area contributed by atoms with Gasteiger partial charge in [0.2, 0.25) is 5.91 Å². The lowest BCUT2D eigenvalue weighted by atomic mass is 9.91. The van der Waals surface area contributed by atoms with Gasteiger partial charge in [0.05, 0.1) is 44.7 Å². The maximum Gasteiger partial charge on any atom is 0.407 e. The van der Waals surface area contributed by atoms with Gasteiger partial charge in [-0.3, -0.25) is 9.59 Å². The van der Waals surface area contributed by atoms with Gasteiger partial charge >= 0.3 is 6.09 Å². The van der Waals surface area contributed by atoms with Crippen molar-refractivity contribution in [2.75, 3.05) is 59.9 Å². The van der Waals surface area contributed by atoms with Crippen molar-refractivity contribution in [1.82, 2.24) is 10.6 Å². The van der Waals surface area contributed by atoms with Gasteiger partial charge < -0.3 is 49.3 Å². The number of aliphatic hydroxyl groups excluding tert-OH is 2. The van der Waals surface area contributed by atoms with Crippen molar-refractivity contribution >= 4 is 17.8 Å². The summed E-state index contributed by atoms with van der Waals surface area (Å²) in [6.45, 7) is 5.03. The molecular formula is C35H48N2O11. The lowest BCUT2D eigenvalue weighted by Gasteiger charge is -2.40. The molecule has 48 heavy (non-hydrogen) atoms. The zero-order valence-corrected chi connectivity index (χ0v) is 27.8. The van der Waals surface area contributed by atoms with Crippen molar-refractivity contribution in [2.24, 2.45) is 5.92 Å². The van der Waals surface area contributed by atoms with Crippen molar-refractivity contribution in [1.29, 1.82) is 0 Å². The number of methoxy groups -OCH3 is 1. The van der Waals surface area contributed by atoms with E-state index < -0.39 is 42.7 Å². The molecule has 2 aliphatic rings. The molecular weight excluding hydrogens is 624 g/mol. The molecule has 1 aliphatic carbocycles. The second kappa shape index (κ2) is 18.9. The first-order valence-corrected chi connectivity index (χ1v) is 16.4. The average molecular weight is 673 g/mol. The Morgan fingerprint density at radius 3 is 2.19 bits per heavy atom. The minimum atomic E-state index is -1.15. The van der Waals surface area contributed by atoms with Crippen molar-refractivity contribution in [3.63, 3.8) is 0 Å². The normalized spacial score (nSPS) is 22.4. The summed E-state index contributed by atoms with van der Waals surface area (Å²) >= 11 is 0. The molecule has 4 rings (SSSR count). The maximum absolute atomic E-state index is 12.5. The lowest BCUT2D eigenvalue weighted by molar-refractivity contribution is -0.282. The summed E-state index contributed by atoms with van der Waals surface area (Å²) in [4.78, 5) is 37.0.